The topological polar surface area (TPSA) is 105 Å². The van der Waals surface area contributed by atoms with E-state index >= 15 is 0 Å². The molecule has 1 heterocycles. The van der Waals surface area contributed by atoms with Gasteiger partial charge in [0.15, 0.2) is 0 Å². The van der Waals surface area contributed by atoms with Crippen LogP contribution in [0.1, 0.15) is 16.1 Å². The second-order valence-corrected chi connectivity index (χ2v) is 3.43. The largest absolute Gasteiger partial charge is 0.478 e. The summed E-state index contributed by atoms with van der Waals surface area (Å²) >= 11 is 0. The number of hydrogen-bond acceptors (Lipinski definition) is 6. The van der Waals surface area contributed by atoms with Gasteiger partial charge in [0, 0.05) is 26.4 Å². The lowest BCUT2D eigenvalue weighted by Crippen LogP contribution is -2.30. The number of carbonyl (C=O) groups is 1. The third-order valence-corrected chi connectivity index (χ3v) is 2.06. The summed E-state index contributed by atoms with van der Waals surface area (Å²) in [5, 5.41) is 21.1. The van der Waals surface area contributed by atoms with E-state index in [4.69, 9.17) is 9.84 Å². The number of carboxylic acid groups (broad SMARTS) is 1. The maximum Gasteiger partial charge on any atom is 0.339 e. The highest BCUT2D eigenvalue weighted by molar-refractivity contribution is 5.88. The minimum absolute atomic E-state index is 0.0567. The van der Waals surface area contributed by atoms with Crippen molar-refractivity contribution >= 4 is 5.97 Å². The van der Waals surface area contributed by atoms with E-state index in [1.54, 1.807) is 0 Å². The van der Waals surface area contributed by atoms with Gasteiger partial charge in [-0.05, 0) is 0 Å². The molecule has 0 aromatic carbocycles. The first-order chi connectivity index (χ1) is 8.15. The van der Waals surface area contributed by atoms with Crippen LogP contribution in [-0.2, 0) is 11.3 Å². The van der Waals surface area contributed by atoms with Gasteiger partial charge in [0.2, 0.25) is 0 Å². The molecule has 0 aliphatic carbocycles. The lowest BCUT2D eigenvalue weighted by atomic mass is 10.2. The average Bonchev–Trinajstić information content (AvgIpc) is 2.30. The maximum absolute atomic E-state index is 10.8. The average molecular weight is 241 g/mol. The fourth-order valence-electron chi connectivity index (χ4n) is 1.28. The lowest BCUT2D eigenvalue weighted by molar-refractivity contribution is 0.0642. The molecule has 0 radical (unpaired) electrons. The molecule has 7 nitrogen and oxygen atoms in total. The molecule has 1 aromatic rings. The second kappa shape index (κ2) is 6.89. The molecule has 1 atom stereocenters. The predicted octanol–water partition coefficient (Wildman–Crippen LogP) is -0.728. The molecule has 0 aliphatic heterocycles. The molecule has 3 N–H and O–H groups in total. The van der Waals surface area contributed by atoms with E-state index in [9.17, 15) is 9.90 Å². The van der Waals surface area contributed by atoms with Gasteiger partial charge in [-0.25, -0.2) is 14.8 Å². The van der Waals surface area contributed by atoms with Crippen LogP contribution < -0.4 is 5.32 Å². The summed E-state index contributed by atoms with van der Waals surface area (Å²) in [6.07, 6.45) is 1.91. The van der Waals surface area contributed by atoms with Gasteiger partial charge in [-0.2, -0.15) is 0 Å². The van der Waals surface area contributed by atoms with Crippen LogP contribution >= 0.6 is 0 Å². The zero-order valence-corrected chi connectivity index (χ0v) is 9.46. The zero-order valence-electron chi connectivity index (χ0n) is 9.46. The molecule has 17 heavy (non-hydrogen) atoms. The first kappa shape index (κ1) is 13.5. The summed E-state index contributed by atoms with van der Waals surface area (Å²) < 4.78 is 4.76. The summed E-state index contributed by atoms with van der Waals surface area (Å²) in [5.41, 5.74) is 0.443. The molecular weight excluding hydrogens is 226 g/mol. The van der Waals surface area contributed by atoms with Crippen molar-refractivity contribution in [2.24, 2.45) is 0 Å². The molecule has 1 aromatic heterocycles. The van der Waals surface area contributed by atoms with Crippen molar-refractivity contribution in [3.8, 4) is 0 Å². The number of aromatic carboxylic acids is 1. The minimum atomic E-state index is -1.07. The van der Waals surface area contributed by atoms with Gasteiger partial charge in [-0.3, -0.25) is 0 Å². The highest BCUT2D eigenvalue weighted by Crippen LogP contribution is 2.02. The number of carboxylic acids is 1. The second-order valence-electron chi connectivity index (χ2n) is 3.43. The number of ether oxygens (including phenoxy) is 1. The van der Waals surface area contributed by atoms with E-state index < -0.39 is 12.1 Å². The summed E-state index contributed by atoms with van der Waals surface area (Å²) in [5.74, 6) is -1.07. The summed E-state index contributed by atoms with van der Waals surface area (Å²) in [6.45, 7) is 0.782. The number of methoxy groups -OCH3 is 1. The number of aliphatic hydroxyl groups excluding tert-OH is 1. The summed E-state index contributed by atoms with van der Waals surface area (Å²) in [7, 11) is 1.50. The van der Waals surface area contributed by atoms with E-state index in [1.807, 2.05) is 0 Å². The molecular formula is C10H15N3O4. The Balaban J connectivity index is 2.49. The quantitative estimate of drug-likeness (QED) is 0.578. The van der Waals surface area contributed by atoms with Crippen LogP contribution in [0.15, 0.2) is 12.5 Å². The number of rotatable bonds is 7. The van der Waals surface area contributed by atoms with Gasteiger partial charge in [-0.1, -0.05) is 0 Å². The molecule has 0 fully saturated rings. The molecule has 7 heteroatoms. The molecule has 1 unspecified atom stereocenters. The molecule has 1 rings (SSSR count). The van der Waals surface area contributed by atoms with Crippen LogP contribution in [0.2, 0.25) is 0 Å². The Kier molecular flexibility index (Phi) is 5.47. The van der Waals surface area contributed by atoms with E-state index in [1.165, 1.54) is 19.6 Å². The van der Waals surface area contributed by atoms with E-state index in [-0.39, 0.29) is 18.7 Å². The molecule has 0 saturated heterocycles. The zero-order chi connectivity index (χ0) is 12.7. The van der Waals surface area contributed by atoms with E-state index in [2.05, 4.69) is 15.3 Å². The molecule has 0 saturated carbocycles. The van der Waals surface area contributed by atoms with Crippen LogP contribution in [-0.4, -0.2) is 52.5 Å². The first-order valence-electron chi connectivity index (χ1n) is 5.05. The SMILES string of the molecule is COCC(O)CNCc1ncncc1C(=O)O. The highest BCUT2D eigenvalue weighted by Gasteiger charge is 2.11. The molecule has 0 aliphatic rings. The van der Waals surface area contributed by atoms with Gasteiger partial charge >= 0.3 is 5.97 Å². The third-order valence-electron chi connectivity index (χ3n) is 2.06. The Bertz CT molecular complexity index is 372. The summed E-state index contributed by atoms with van der Waals surface area (Å²) in [4.78, 5) is 18.4. The minimum Gasteiger partial charge on any atom is -0.478 e. The first-order valence-corrected chi connectivity index (χ1v) is 5.05. The Hall–Kier alpha value is -1.57. The van der Waals surface area contributed by atoms with Crippen molar-refractivity contribution in [1.29, 1.82) is 0 Å². The van der Waals surface area contributed by atoms with Crippen molar-refractivity contribution in [3.63, 3.8) is 0 Å². The van der Waals surface area contributed by atoms with Crippen LogP contribution in [0.4, 0.5) is 0 Å². The van der Waals surface area contributed by atoms with Crippen molar-refractivity contribution in [2.45, 2.75) is 12.6 Å². The molecule has 0 amide bonds. The van der Waals surface area contributed by atoms with E-state index in [0.29, 0.717) is 12.2 Å². The van der Waals surface area contributed by atoms with Gasteiger partial charge in [-0.15, -0.1) is 0 Å². The van der Waals surface area contributed by atoms with Crippen LogP contribution in [0.5, 0.6) is 0 Å². The van der Waals surface area contributed by atoms with Crippen LogP contribution in [0, 0.1) is 0 Å². The highest BCUT2D eigenvalue weighted by atomic mass is 16.5. The standard InChI is InChI=1S/C10H15N3O4/c1-17-5-7(14)2-11-4-9-8(10(15)16)3-12-6-13-9/h3,6-7,11,14H,2,4-5H2,1H3,(H,15,16). The number of nitrogens with one attached hydrogen (secondary N) is 1. The predicted molar refractivity (Wildman–Crippen MR) is 58.6 cm³/mol. The number of aromatic nitrogens is 2. The van der Waals surface area contributed by atoms with Crippen molar-refractivity contribution in [2.75, 3.05) is 20.3 Å². The smallest absolute Gasteiger partial charge is 0.339 e. The Morgan fingerprint density at radius 2 is 2.41 bits per heavy atom. The third kappa shape index (κ3) is 4.43. The van der Waals surface area contributed by atoms with Crippen molar-refractivity contribution < 1.29 is 19.7 Å². The van der Waals surface area contributed by atoms with Gasteiger partial charge < -0.3 is 20.3 Å². The monoisotopic (exact) mass is 241 g/mol. The summed E-state index contributed by atoms with van der Waals surface area (Å²) in [6, 6.07) is 0. The normalized spacial score (nSPS) is 12.4. The van der Waals surface area contributed by atoms with E-state index in [0.717, 1.165) is 0 Å². The number of aliphatic hydroxyl groups is 1. The van der Waals surface area contributed by atoms with Gasteiger partial charge in [0.25, 0.3) is 0 Å². The fourth-order valence-corrected chi connectivity index (χ4v) is 1.28. The molecule has 94 valence electrons. The Morgan fingerprint density at radius 3 is 3.06 bits per heavy atom. The van der Waals surface area contributed by atoms with Gasteiger partial charge in [0.05, 0.1) is 18.4 Å². The molecule has 0 spiro atoms. The maximum atomic E-state index is 10.8. The van der Waals surface area contributed by atoms with Crippen molar-refractivity contribution in [1.82, 2.24) is 15.3 Å². The lowest BCUT2D eigenvalue weighted by Gasteiger charge is -2.10. The van der Waals surface area contributed by atoms with Crippen LogP contribution in [0.3, 0.4) is 0 Å². The number of nitrogens with zero attached hydrogens (tertiary/aromatic N) is 2. The molecule has 0 bridgehead atoms. The fraction of sp³-hybridized carbons (Fsp3) is 0.500. The Morgan fingerprint density at radius 1 is 1.65 bits per heavy atom. The van der Waals surface area contributed by atoms with Crippen molar-refractivity contribution in [3.05, 3.63) is 23.8 Å². The number of hydrogen-bond donors (Lipinski definition) is 3. The Labute approximate surface area is 98.5 Å². The van der Waals surface area contributed by atoms with Crippen LogP contribution in [0.25, 0.3) is 0 Å². The van der Waals surface area contributed by atoms with Gasteiger partial charge in [0.1, 0.15) is 11.9 Å².